The lowest BCUT2D eigenvalue weighted by molar-refractivity contribution is 0.299. The average Bonchev–Trinajstić information content (AvgIpc) is 2.27. The SMILES string of the molecule is [N-]=[N+]=NCC#Cc1ccc(CCO)cc1. The van der Waals surface area contributed by atoms with Crippen molar-refractivity contribution < 1.29 is 5.11 Å². The number of benzene rings is 1. The van der Waals surface area contributed by atoms with Crippen molar-refractivity contribution in [2.75, 3.05) is 13.2 Å². The molecule has 1 aromatic carbocycles. The van der Waals surface area contributed by atoms with Crippen molar-refractivity contribution in [2.24, 2.45) is 5.11 Å². The molecule has 0 radical (unpaired) electrons. The zero-order chi connectivity index (χ0) is 10.9. The molecule has 76 valence electrons. The number of nitrogens with zero attached hydrogens (tertiary/aromatic N) is 3. The van der Waals surface area contributed by atoms with Crippen LogP contribution in [-0.4, -0.2) is 18.3 Å². The van der Waals surface area contributed by atoms with Crippen LogP contribution in [0.2, 0.25) is 0 Å². The van der Waals surface area contributed by atoms with Gasteiger partial charge in [0.15, 0.2) is 0 Å². The minimum Gasteiger partial charge on any atom is -0.396 e. The van der Waals surface area contributed by atoms with Gasteiger partial charge in [-0.3, -0.25) is 0 Å². The fourth-order valence-corrected chi connectivity index (χ4v) is 1.09. The van der Waals surface area contributed by atoms with Crippen molar-refractivity contribution in [1.82, 2.24) is 0 Å². The van der Waals surface area contributed by atoms with Crippen LogP contribution in [-0.2, 0) is 6.42 Å². The largest absolute Gasteiger partial charge is 0.396 e. The van der Waals surface area contributed by atoms with Crippen LogP contribution in [0, 0.1) is 11.8 Å². The predicted octanol–water partition coefficient (Wildman–Crippen LogP) is 1.88. The smallest absolute Gasteiger partial charge is 0.0880 e. The van der Waals surface area contributed by atoms with Crippen LogP contribution in [0.4, 0.5) is 0 Å². The molecule has 15 heavy (non-hydrogen) atoms. The molecule has 0 spiro atoms. The lowest BCUT2D eigenvalue weighted by Gasteiger charge is -1.96. The van der Waals surface area contributed by atoms with Gasteiger partial charge in [-0.1, -0.05) is 29.1 Å². The Labute approximate surface area is 88.2 Å². The molecule has 0 saturated heterocycles. The predicted molar refractivity (Wildman–Crippen MR) is 58.1 cm³/mol. The zero-order valence-electron chi connectivity index (χ0n) is 8.22. The van der Waals surface area contributed by atoms with Gasteiger partial charge in [0.1, 0.15) is 0 Å². The molecule has 0 atom stereocenters. The monoisotopic (exact) mass is 201 g/mol. The highest BCUT2D eigenvalue weighted by atomic mass is 16.2. The second-order valence-electron chi connectivity index (χ2n) is 2.86. The van der Waals surface area contributed by atoms with Crippen molar-refractivity contribution in [1.29, 1.82) is 0 Å². The zero-order valence-corrected chi connectivity index (χ0v) is 8.22. The van der Waals surface area contributed by atoms with Crippen molar-refractivity contribution in [3.05, 3.63) is 45.8 Å². The maximum Gasteiger partial charge on any atom is 0.0880 e. The van der Waals surface area contributed by atoms with E-state index in [2.05, 4.69) is 21.9 Å². The molecule has 0 aromatic heterocycles. The summed E-state index contributed by atoms with van der Waals surface area (Å²) in [6, 6.07) is 7.61. The molecule has 0 aliphatic rings. The summed E-state index contributed by atoms with van der Waals surface area (Å²) in [4.78, 5) is 2.60. The molecule has 0 amide bonds. The number of aliphatic hydroxyl groups is 1. The summed E-state index contributed by atoms with van der Waals surface area (Å²) < 4.78 is 0. The fraction of sp³-hybridized carbons (Fsp3) is 0.273. The summed E-state index contributed by atoms with van der Waals surface area (Å²) in [5, 5.41) is 12.0. The Hall–Kier alpha value is -1.95. The molecule has 0 bridgehead atoms. The van der Waals surface area contributed by atoms with E-state index in [1.54, 1.807) is 0 Å². The van der Waals surface area contributed by atoms with Gasteiger partial charge in [0.2, 0.25) is 0 Å². The van der Waals surface area contributed by atoms with Gasteiger partial charge < -0.3 is 5.11 Å². The second-order valence-corrected chi connectivity index (χ2v) is 2.86. The molecule has 0 aliphatic carbocycles. The summed E-state index contributed by atoms with van der Waals surface area (Å²) in [5.74, 6) is 5.61. The van der Waals surface area contributed by atoms with Crippen LogP contribution in [0.15, 0.2) is 29.4 Å². The van der Waals surface area contributed by atoms with Crippen LogP contribution in [0.1, 0.15) is 11.1 Å². The highest BCUT2D eigenvalue weighted by molar-refractivity contribution is 5.36. The minimum atomic E-state index is 0.155. The molecule has 0 saturated carbocycles. The van der Waals surface area contributed by atoms with E-state index in [-0.39, 0.29) is 13.2 Å². The maximum atomic E-state index is 8.72. The fourth-order valence-electron chi connectivity index (χ4n) is 1.09. The van der Waals surface area contributed by atoms with Gasteiger partial charge in [-0.15, -0.1) is 0 Å². The first kappa shape index (κ1) is 11.1. The van der Waals surface area contributed by atoms with Crippen LogP contribution in [0.5, 0.6) is 0 Å². The maximum absolute atomic E-state index is 8.72. The number of hydrogen-bond acceptors (Lipinski definition) is 2. The summed E-state index contributed by atoms with van der Waals surface area (Å²) in [6.07, 6.45) is 0.659. The second kappa shape index (κ2) is 6.50. The third kappa shape index (κ3) is 4.19. The molecule has 0 unspecified atom stereocenters. The highest BCUT2D eigenvalue weighted by Crippen LogP contribution is 2.03. The van der Waals surface area contributed by atoms with Crippen molar-refractivity contribution in [3.63, 3.8) is 0 Å². The van der Waals surface area contributed by atoms with Crippen LogP contribution in [0.25, 0.3) is 10.4 Å². The lowest BCUT2D eigenvalue weighted by atomic mass is 10.1. The first-order valence-corrected chi connectivity index (χ1v) is 4.56. The lowest BCUT2D eigenvalue weighted by Crippen LogP contribution is -1.89. The summed E-state index contributed by atoms with van der Waals surface area (Å²) in [7, 11) is 0. The molecule has 1 N–H and O–H groups in total. The van der Waals surface area contributed by atoms with Crippen molar-refractivity contribution in [2.45, 2.75) is 6.42 Å². The van der Waals surface area contributed by atoms with Gasteiger partial charge in [-0.25, -0.2) is 0 Å². The first-order chi connectivity index (χ1) is 7.36. The Bertz CT molecular complexity index is 408. The molecule has 4 nitrogen and oxygen atoms in total. The number of hydrogen-bond donors (Lipinski definition) is 1. The normalized spacial score (nSPS) is 8.60. The molecular weight excluding hydrogens is 190 g/mol. The summed E-state index contributed by atoms with van der Waals surface area (Å²) in [5.41, 5.74) is 9.99. The Kier molecular flexibility index (Phi) is 4.82. The molecule has 0 heterocycles. The van der Waals surface area contributed by atoms with Gasteiger partial charge in [0.25, 0.3) is 0 Å². The van der Waals surface area contributed by atoms with Crippen molar-refractivity contribution in [3.8, 4) is 11.8 Å². The van der Waals surface area contributed by atoms with Gasteiger partial charge >= 0.3 is 0 Å². The number of rotatable bonds is 3. The Balaban J connectivity index is 2.62. The average molecular weight is 201 g/mol. The van der Waals surface area contributed by atoms with Crippen LogP contribution < -0.4 is 0 Å². The standard InChI is InChI=1S/C11H11N3O/c12-14-13-8-1-2-10-3-5-11(6-4-10)7-9-15/h3-6,15H,7-9H2. The third-order valence-corrected chi connectivity index (χ3v) is 1.80. The molecule has 1 rings (SSSR count). The topological polar surface area (TPSA) is 69.0 Å². The van der Waals surface area contributed by atoms with Crippen LogP contribution in [0.3, 0.4) is 0 Å². The molecular formula is C11H11N3O. The Morgan fingerprint density at radius 2 is 2.07 bits per heavy atom. The quantitative estimate of drug-likeness (QED) is 0.345. The minimum absolute atomic E-state index is 0.155. The first-order valence-electron chi connectivity index (χ1n) is 4.56. The number of azide groups is 1. The highest BCUT2D eigenvalue weighted by Gasteiger charge is 1.90. The third-order valence-electron chi connectivity index (χ3n) is 1.80. The van der Waals surface area contributed by atoms with E-state index in [0.717, 1.165) is 11.1 Å². The van der Waals surface area contributed by atoms with Crippen molar-refractivity contribution >= 4 is 0 Å². The van der Waals surface area contributed by atoms with E-state index in [0.29, 0.717) is 6.42 Å². The molecule has 4 heteroatoms. The molecule has 0 fully saturated rings. The van der Waals surface area contributed by atoms with E-state index in [1.807, 2.05) is 24.3 Å². The van der Waals surface area contributed by atoms with E-state index >= 15 is 0 Å². The van der Waals surface area contributed by atoms with Gasteiger partial charge in [0.05, 0.1) is 6.54 Å². The molecule has 1 aromatic rings. The van der Waals surface area contributed by atoms with Crippen LogP contribution >= 0.6 is 0 Å². The molecule has 0 aliphatic heterocycles. The van der Waals surface area contributed by atoms with Gasteiger partial charge in [-0.2, -0.15) is 0 Å². The summed E-state index contributed by atoms with van der Waals surface area (Å²) >= 11 is 0. The van der Waals surface area contributed by atoms with Gasteiger partial charge in [0, 0.05) is 17.1 Å². The van der Waals surface area contributed by atoms with E-state index in [9.17, 15) is 0 Å². The Morgan fingerprint density at radius 1 is 1.33 bits per heavy atom. The van der Waals surface area contributed by atoms with Gasteiger partial charge in [-0.05, 0) is 29.6 Å². The van der Waals surface area contributed by atoms with E-state index in [4.69, 9.17) is 10.6 Å². The van der Waals surface area contributed by atoms with E-state index in [1.165, 1.54) is 0 Å². The summed E-state index contributed by atoms with van der Waals surface area (Å²) in [6.45, 7) is 0.344. The number of aliphatic hydroxyl groups excluding tert-OH is 1. The van der Waals surface area contributed by atoms with E-state index < -0.39 is 0 Å². The Morgan fingerprint density at radius 3 is 2.67 bits per heavy atom.